The Labute approximate surface area is 185 Å². The third-order valence-corrected chi connectivity index (χ3v) is 9.71. The highest BCUT2D eigenvalue weighted by atomic mass is 31.2. The molecule has 2 nitrogen and oxygen atoms in total. The molecule has 0 saturated carbocycles. The van der Waals surface area contributed by atoms with Gasteiger partial charge in [0.2, 0.25) is 0 Å². The van der Waals surface area contributed by atoms with Crippen LogP contribution in [-0.4, -0.2) is 17.4 Å². The summed E-state index contributed by atoms with van der Waals surface area (Å²) in [5.74, 6) is 0.881. The number of phenolic OH excluding ortho intramolecular Hbond substituents is 1. The van der Waals surface area contributed by atoms with Crippen LogP contribution in [0.15, 0.2) is 72.8 Å². The van der Waals surface area contributed by atoms with Crippen molar-refractivity contribution in [2.75, 3.05) is 12.3 Å². The fourth-order valence-electron chi connectivity index (χ4n) is 4.84. The van der Waals surface area contributed by atoms with Crippen molar-refractivity contribution in [1.82, 2.24) is 0 Å². The molecule has 4 aromatic carbocycles. The molecule has 0 aliphatic carbocycles. The van der Waals surface area contributed by atoms with Crippen molar-refractivity contribution in [3.05, 3.63) is 72.8 Å². The summed E-state index contributed by atoms with van der Waals surface area (Å²) in [5.41, 5.74) is 1.72. The lowest BCUT2D eigenvalue weighted by Crippen LogP contribution is -2.19. The van der Waals surface area contributed by atoms with E-state index in [2.05, 4.69) is 58.0 Å². The van der Waals surface area contributed by atoms with Crippen molar-refractivity contribution < 1.29 is 9.67 Å². The second-order valence-electron chi connectivity index (χ2n) is 9.40. The van der Waals surface area contributed by atoms with Gasteiger partial charge in [0.15, 0.2) is 0 Å². The van der Waals surface area contributed by atoms with E-state index >= 15 is 0 Å². The Morgan fingerprint density at radius 2 is 1.16 bits per heavy atom. The average Bonchev–Trinajstić information content (AvgIpc) is 2.72. The molecule has 1 N–H and O–H groups in total. The van der Waals surface area contributed by atoms with Crippen LogP contribution in [-0.2, 0) is 4.57 Å². The monoisotopic (exact) mass is 430 g/mol. The van der Waals surface area contributed by atoms with Crippen molar-refractivity contribution >= 4 is 34.0 Å². The summed E-state index contributed by atoms with van der Waals surface area (Å²) >= 11 is 0. The van der Waals surface area contributed by atoms with Crippen molar-refractivity contribution in [3.8, 4) is 16.9 Å². The molecule has 0 amide bonds. The number of hydrogen-bond acceptors (Lipinski definition) is 2. The molecule has 0 spiro atoms. The van der Waals surface area contributed by atoms with E-state index in [1.54, 1.807) is 6.07 Å². The maximum absolute atomic E-state index is 14.6. The Balaban J connectivity index is 2.15. The van der Waals surface area contributed by atoms with Gasteiger partial charge in [-0.25, -0.2) is 0 Å². The molecular weight excluding hydrogens is 399 g/mol. The van der Waals surface area contributed by atoms with Gasteiger partial charge in [-0.2, -0.15) is 0 Å². The summed E-state index contributed by atoms with van der Waals surface area (Å²) in [7, 11) is -2.70. The van der Waals surface area contributed by atoms with Gasteiger partial charge in [0, 0.05) is 28.8 Å². The number of phenols is 1. The van der Waals surface area contributed by atoms with E-state index in [9.17, 15) is 9.67 Å². The molecule has 4 aromatic rings. The van der Waals surface area contributed by atoms with E-state index in [0.29, 0.717) is 24.2 Å². The van der Waals surface area contributed by atoms with E-state index in [0.717, 1.165) is 38.0 Å². The molecule has 0 fully saturated rings. The van der Waals surface area contributed by atoms with Crippen LogP contribution in [0.3, 0.4) is 0 Å². The minimum atomic E-state index is -2.70. The van der Waals surface area contributed by atoms with E-state index in [1.165, 1.54) is 0 Å². The van der Waals surface area contributed by atoms with Crippen molar-refractivity contribution in [2.45, 2.75) is 27.7 Å². The van der Waals surface area contributed by atoms with Crippen LogP contribution in [0.1, 0.15) is 27.7 Å². The Kier molecular flexibility index (Phi) is 5.95. The van der Waals surface area contributed by atoms with Crippen LogP contribution < -0.4 is 5.30 Å². The Bertz CT molecular complexity index is 1270. The third kappa shape index (κ3) is 4.14. The maximum Gasteiger partial charge on any atom is 0.124 e. The molecule has 0 aliphatic rings. The lowest BCUT2D eigenvalue weighted by Gasteiger charge is -2.27. The smallest absolute Gasteiger partial charge is 0.124 e. The molecule has 0 radical (unpaired) electrons. The molecule has 0 heterocycles. The minimum absolute atomic E-state index is 0.233. The van der Waals surface area contributed by atoms with Gasteiger partial charge >= 0.3 is 0 Å². The SMILES string of the molecule is CC(C)CP(=O)(CC(C)C)c1ccc2ccccc2c1-c1c(O)ccc2ccccc12. The molecule has 3 heteroatoms. The molecule has 31 heavy (non-hydrogen) atoms. The summed E-state index contributed by atoms with van der Waals surface area (Å²) in [5, 5.41) is 16.2. The zero-order chi connectivity index (χ0) is 22.2. The fraction of sp³-hybridized carbons (Fsp3) is 0.286. The van der Waals surface area contributed by atoms with Crippen LogP contribution in [0.25, 0.3) is 32.7 Å². The predicted octanol–water partition coefficient (Wildman–Crippen LogP) is 7.67. The van der Waals surface area contributed by atoms with Gasteiger partial charge in [-0.1, -0.05) is 94.4 Å². The summed E-state index contributed by atoms with van der Waals surface area (Å²) in [6, 6.07) is 24.2. The normalized spacial score (nSPS) is 12.3. The van der Waals surface area contributed by atoms with E-state index < -0.39 is 7.14 Å². The van der Waals surface area contributed by atoms with Crippen molar-refractivity contribution in [1.29, 1.82) is 0 Å². The first kappa shape index (κ1) is 21.7. The number of rotatable bonds is 6. The number of benzene rings is 4. The third-order valence-electron chi connectivity index (χ3n) is 5.82. The van der Waals surface area contributed by atoms with E-state index in [4.69, 9.17) is 0 Å². The fourth-order valence-corrected chi connectivity index (χ4v) is 8.72. The first-order valence-corrected chi connectivity index (χ1v) is 13.2. The van der Waals surface area contributed by atoms with Crippen molar-refractivity contribution in [3.63, 3.8) is 0 Å². The topological polar surface area (TPSA) is 37.3 Å². The van der Waals surface area contributed by atoms with Crippen LogP contribution in [0, 0.1) is 11.8 Å². The van der Waals surface area contributed by atoms with Crippen molar-refractivity contribution in [2.24, 2.45) is 11.8 Å². The zero-order valence-corrected chi connectivity index (χ0v) is 19.7. The highest BCUT2D eigenvalue weighted by Gasteiger charge is 2.31. The first-order valence-electron chi connectivity index (χ1n) is 11.1. The van der Waals surface area contributed by atoms with Crippen LogP contribution >= 0.6 is 7.14 Å². The highest BCUT2D eigenvalue weighted by molar-refractivity contribution is 7.72. The quantitative estimate of drug-likeness (QED) is 0.319. The molecule has 0 saturated heterocycles. The minimum Gasteiger partial charge on any atom is -0.507 e. The molecule has 0 atom stereocenters. The molecule has 160 valence electrons. The molecule has 0 aromatic heterocycles. The summed E-state index contributed by atoms with van der Waals surface area (Å²) in [6.45, 7) is 8.57. The predicted molar refractivity (Wildman–Crippen MR) is 135 cm³/mol. The summed E-state index contributed by atoms with van der Waals surface area (Å²) < 4.78 is 14.6. The molecule has 4 rings (SSSR count). The van der Waals surface area contributed by atoms with Gasteiger partial charge in [-0.15, -0.1) is 0 Å². The van der Waals surface area contributed by atoms with Gasteiger partial charge in [0.05, 0.1) is 0 Å². The van der Waals surface area contributed by atoms with Gasteiger partial charge in [0.25, 0.3) is 0 Å². The van der Waals surface area contributed by atoms with E-state index in [-0.39, 0.29) is 5.75 Å². The Hall–Kier alpha value is -2.57. The second kappa shape index (κ2) is 8.52. The number of hydrogen-bond donors (Lipinski definition) is 1. The number of aromatic hydroxyl groups is 1. The second-order valence-corrected chi connectivity index (χ2v) is 12.4. The first-order chi connectivity index (χ1) is 14.8. The van der Waals surface area contributed by atoms with Gasteiger partial charge in [-0.3, -0.25) is 0 Å². The summed E-state index contributed by atoms with van der Waals surface area (Å²) in [4.78, 5) is 0. The largest absolute Gasteiger partial charge is 0.507 e. The standard InChI is InChI=1S/C28H31O2P/c1-19(2)17-31(30,18-20(3)4)26-16-14-22-10-6-8-12-24(22)28(26)27-23-11-7-5-9-21(23)13-15-25(27)29/h5-16,19-20,29H,17-18H2,1-4H3. The van der Waals surface area contributed by atoms with Crippen LogP contribution in [0.4, 0.5) is 0 Å². The van der Waals surface area contributed by atoms with Crippen LogP contribution in [0.2, 0.25) is 0 Å². The van der Waals surface area contributed by atoms with Gasteiger partial charge in [-0.05, 0) is 39.4 Å². The Morgan fingerprint density at radius 3 is 1.71 bits per heavy atom. The van der Waals surface area contributed by atoms with E-state index in [1.807, 2.05) is 36.4 Å². The zero-order valence-electron chi connectivity index (χ0n) is 18.8. The maximum atomic E-state index is 14.6. The van der Waals surface area contributed by atoms with Crippen LogP contribution in [0.5, 0.6) is 5.75 Å². The molecule has 0 aliphatic heterocycles. The molecule has 0 bridgehead atoms. The molecular formula is C28H31O2P. The lowest BCUT2D eigenvalue weighted by atomic mass is 9.93. The van der Waals surface area contributed by atoms with Gasteiger partial charge < -0.3 is 9.67 Å². The average molecular weight is 431 g/mol. The van der Waals surface area contributed by atoms with Gasteiger partial charge in [0.1, 0.15) is 12.9 Å². The Morgan fingerprint density at radius 1 is 0.677 bits per heavy atom. The number of fused-ring (bicyclic) bond motifs is 2. The highest BCUT2D eigenvalue weighted by Crippen LogP contribution is 2.52. The summed E-state index contributed by atoms with van der Waals surface area (Å²) in [6.07, 6.45) is 1.34. The lowest BCUT2D eigenvalue weighted by molar-refractivity contribution is 0.478. The molecule has 0 unspecified atom stereocenters.